The van der Waals surface area contributed by atoms with Gasteiger partial charge in [-0.15, -0.1) is 0 Å². The molecule has 5 nitrogen and oxygen atoms in total. The molecule has 2 N–H and O–H groups in total. The minimum Gasteiger partial charge on any atom is -0.481 e. The summed E-state index contributed by atoms with van der Waals surface area (Å²) in [5.41, 5.74) is 0. The van der Waals surface area contributed by atoms with E-state index in [4.69, 9.17) is 5.11 Å². The Morgan fingerprint density at radius 2 is 1.84 bits per heavy atom. The van der Waals surface area contributed by atoms with Crippen molar-refractivity contribution in [3.8, 4) is 0 Å². The lowest BCUT2D eigenvalue weighted by Crippen LogP contribution is -2.52. The Bertz CT molecular complexity index is 354. The third-order valence-electron chi connectivity index (χ3n) is 3.85. The highest BCUT2D eigenvalue weighted by atomic mass is 32.2. The van der Waals surface area contributed by atoms with Crippen LogP contribution in [0.5, 0.6) is 0 Å². The van der Waals surface area contributed by atoms with Gasteiger partial charge in [0.1, 0.15) is 0 Å². The lowest BCUT2D eigenvalue weighted by Gasteiger charge is -2.35. The molecule has 2 aliphatic rings. The summed E-state index contributed by atoms with van der Waals surface area (Å²) in [6.45, 7) is 5.73. The summed E-state index contributed by atoms with van der Waals surface area (Å²) >= 11 is 1.89. The number of carboxylic acid groups (broad SMARTS) is 1. The summed E-state index contributed by atoms with van der Waals surface area (Å²) in [6, 6.07) is -0.303. The monoisotopic (exact) mass is 286 g/mol. The van der Waals surface area contributed by atoms with E-state index in [-0.39, 0.29) is 12.1 Å². The predicted octanol–water partition coefficient (Wildman–Crippen LogP) is 1.78. The summed E-state index contributed by atoms with van der Waals surface area (Å²) in [4.78, 5) is 25.2. The van der Waals surface area contributed by atoms with Gasteiger partial charge in [0.25, 0.3) is 0 Å². The first kappa shape index (κ1) is 14.5. The summed E-state index contributed by atoms with van der Waals surface area (Å²) in [5.74, 6) is -1.21. The van der Waals surface area contributed by atoms with Crippen molar-refractivity contribution in [3.63, 3.8) is 0 Å². The molecule has 4 atom stereocenters. The molecular weight excluding hydrogens is 264 g/mol. The van der Waals surface area contributed by atoms with Crippen molar-refractivity contribution < 1.29 is 14.7 Å². The van der Waals surface area contributed by atoms with Crippen molar-refractivity contribution in [1.82, 2.24) is 10.2 Å². The van der Waals surface area contributed by atoms with Crippen molar-refractivity contribution in [2.75, 3.05) is 13.1 Å². The molecule has 1 aliphatic carbocycles. The molecule has 1 saturated heterocycles. The van der Waals surface area contributed by atoms with Crippen molar-refractivity contribution in [2.24, 2.45) is 5.92 Å². The molecular formula is C13H22N2O3S. The largest absolute Gasteiger partial charge is 0.481 e. The van der Waals surface area contributed by atoms with Gasteiger partial charge in [0.2, 0.25) is 0 Å². The van der Waals surface area contributed by atoms with E-state index in [9.17, 15) is 9.59 Å². The quantitative estimate of drug-likeness (QED) is 0.812. The van der Waals surface area contributed by atoms with Crippen LogP contribution in [-0.4, -0.2) is 51.6 Å². The van der Waals surface area contributed by atoms with E-state index in [0.717, 1.165) is 25.9 Å². The number of aliphatic carboxylic acids is 1. The maximum absolute atomic E-state index is 12.2. The molecule has 19 heavy (non-hydrogen) atoms. The normalized spacial score (nSPS) is 35.2. The maximum Gasteiger partial charge on any atom is 0.317 e. The second-order valence-corrected chi connectivity index (χ2v) is 7.48. The van der Waals surface area contributed by atoms with Crippen molar-refractivity contribution in [3.05, 3.63) is 0 Å². The molecule has 0 bridgehead atoms. The molecule has 0 spiro atoms. The molecule has 0 aromatic heterocycles. The maximum atomic E-state index is 12.2. The minimum atomic E-state index is -0.793. The highest BCUT2D eigenvalue weighted by Gasteiger charge is 2.35. The Balaban J connectivity index is 1.91. The molecule has 2 amide bonds. The van der Waals surface area contributed by atoms with E-state index in [1.807, 2.05) is 16.7 Å². The zero-order valence-electron chi connectivity index (χ0n) is 11.5. The lowest BCUT2D eigenvalue weighted by molar-refractivity contribution is -0.142. The SMILES string of the molecule is CC1CN(C(=O)NC2CCCC2C(=O)O)CC(C)S1. The number of urea groups is 1. The molecule has 6 heteroatoms. The number of amides is 2. The van der Waals surface area contributed by atoms with Gasteiger partial charge < -0.3 is 15.3 Å². The molecule has 0 aromatic rings. The number of carboxylic acids is 1. The fraction of sp³-hybridized carbons (Fsp3) is 0.846. The molecule has 1 heterocycles. The lowest BCUT2D eigenvalue weighted by atomic mass is 10.0. The fourth-order valence-corrected chi connectivity index (χ4v) is 4.35. The molecule has 0 aromatic carbocycles. The zero-order valence-corrected chi connectivity index (χ0v) is 12.3. The van der Waals surface area contributed by atoms with Crippen LogP contribution in [-0.2, 0) is 4.79 Å². The van der Waals surface area contributed by atoms with Gasteiger partial charge >= 0.3 is 12.0 Å². The number of nitrogens with one attached hydrogen (secondary N) is 1. The van der Waals surface area contributed by atoms with Gasteiger partial charge in [-0.1, -0.05) is 20.3 Å². The van der Waals surface area contributed by atoms with Gasteiger partial charge in [-0.3, -0.25) is 4.79 Å². The Hall–Kier alpha value is -0.910. The summed E-state index contributed by atoms with van der Waals surface area (Å²) < 4.78 is 0. The van der Waals surface area contributed by atoms with E-state index >= 15 is 0 Å². The predicted molar refractivity (Wildman–Crippen MR) is 75.4 cm³/mol. The number of carbonyl (C=O) groups is 2. The highest BCUT2D eigenvalue weighted by molar-refractivity contribution is 8.00. The Morgan fingerprint density at radius 1 is 1.21 bits per heavy atom. The van der Waals surface area contributed by atoms with Crippen LogP contribution in [0.4, 0.5) is 4.79 Å². The molecule has 4 unspecified atom stereocenters. The molecule has 1 saturated carbocycles. The topological polar surface area (TPSA) is 69.6 Å². The van der Waals surface area contributed by atoms with Gasteiger partial charge in [-0.05, 0) is 12.8 Å². The Labute approximate surface area is 118 Å². The zero-order chi connectivity index (χ0) is 14.0. The van der Waals surface area contributed by atoms with Gasteiger partial charge in [-0.2, -0.15) is 11.8 Å². The number of carbonyl (C=O) groups excluding carboxylic acids is 1. The first-order valence-electron chi connectivity index (χ1n) is 6.91. The van der Waals surface area contributed by atoms with Crippen molar-refractivity contribution in [1.29, 1.82) is 0 Å². The molecule has 108 valence electrons. The number of rotatable bonds is 2. The standard InChI is InChI=1S/C13H22N2O3S/c1-8-6-15(7-9(2)19-8)13(18)14-11-5-3-4-10(11)12(16)17/h8-11H,3-7H2,1-2H3,(H,14,18)(H,16,17). The van der Waals surface area contributed by atoms with Crippen LogP contribution < -0.4 is 5.32 Å². The number of hydrogen-bond acceptors (Lipinski definition) is 3. The van der Waals surface area contributed by atoms with E-state index in [0.29, 0.717) is 16.9 Å². The molecule has 2 fully saturated rings. The Morgan fingerprint density at radius 3 is 2.42 bits per heavy atom. The first-order chi connectivity index (χ1) is 8.97. The summed E-state index contributed by atoms with van der Waals surface area (Å²) in [6.07, 6.45) is 2.32. The van der Waals surface area contributed by atoms with E-state index in [1.54, 1.807) is 0 Å². The summed E-state index contributed by atoms with van der Waals surface area (Å²) in [7, 11) is 0. The van der Waals surface area contributed by atoms with Crippen molar-refractivity contribution in [2.45, 2.75) is 49.7 Å². The molecule has 2 rings (SSSR count). The van der Waals surface area contributed by atoms with Crippen LogP contribution >= 0.6 is 11.8 Å². The molecule has 1 aliphatic heterocycles. The van der Waals surface area contributed by atoms with E-state index < -0.39 is 11.9 Å². The third kappa shape index (κ3) is 3.55. The van der Waals surface area contributed by atoms with Crippen LogP contribution in [0.1, 0.15) is 33.1 Å². The van der Waals surface area contributed by atoms with Crippen LogP contribution in [0.2, 0.25) is 0 Å². The minimum absolute atomic E-state index is 0.0999. The number of nitrogens with zero attached hydrogens (tertiary/aromatic N) is 1. The van der Waals surface area contributed by atoms with Gasteiger partial charge in [-0.25, -0.2) is 4.79 Å². The van der Waals surface area contributed by atoms with Crippen LogP contribution in [0.15, 0.2) is 0 Å². The second kappa shape index (κ2) is 6.03. The Kier molecular flexibility index (Phi) is 4.60. The van der Waals surface area contributed by atoms with Crippen LogP contribution in [0.3, 0.4) is 0 Å². The van der Waals surface area contributed by atoms with Gasteiger partial charge in [0.05, 0.1) is 5.92 Å². The number of thioether (sulfide) groups is 1. The van der Waals surface area contributed by atoms with Crippen LogP contribution in [0.25, 0.3) is 0 Å². The smallest absolute Gasteiger partial charge is 0.317 e. The van der Waals surface area contributed by atoms with E-state index in [1.165, 1.54) is 0 Å². The van der Waals surface area contributed by atoms with Gasteiger partial charge in [0, 0.05) is 29.6 Å². The number of hydrogen-bond donors (Lipinski definition) is 2. The van der Waals surface area contributed by atoms with Crippen molar-refractivity contribution >= 4 is 23.8 Å². The first-order valence-corrected chi connectivity index (χ1v) is 7.85. The fourth-order valence-electron chi connectivity index (χ4n) is 3.02. The molecule has 0 radical (unpaired) electrons. The third-order valence-corrected chi connectivity index (χ3v) is 5.08. The van der Waals surface area contributed by atoms with E-state index in [2.05, 4.69) is 19.2 Å². The summed E-state index contributed by atoms with van der Waals surface area (Å²) in [5, 5.41) is 12.9. The van der Waals surface area contributed by atoms with Crippen LogP contribution in [0, 0.1) is 5.92 Å². The second-order valence-electron chi connectivity index (χ2n) is 5.59. The average Bonchev–Trinajstić information content (AvgIpc) is 2.75. The highest BCUT2D eigenvalue weighted by Crippen LogP contribution is 2.27. The average molecular weight is 286 g/mol. The van der Waals surface area contributed by atoms with Gasteiger partial charge in [0.15, 0.2) is 0 Å².